The Bertz CT molecular complexity index is 1590. The monoisotopic (exact) mass is 685 g/mol. The maximum Gasteiger partial charge on any atom is 0.188 e. The van der Waals surface area contributed by atoms with Crippen molar-refractivity contribution in [1.82, 2.24) is 5.32 Å². The van der Waals surface area contributed by atoms with Gasteiger partial charge in [0.25, 0.3) is 0 Å². The number of allylic oxidation sites excluding steroid dienone is 1. The highest BCUT2D eigenvalue weighted by atomic mass is 16.6. The lowest BCUT2D eigenvalue weighted by Gasteiger charge is -2.58. The van der Waals surface area contributed by atoms with Gasteiger partial charge in [-0.3, -0.25) is 4.99 Å². The second kappa shape index (κ2) is 13.3. The zero-order valence-electron chi connectivity index (χ0n) is 30.8. The number of furan rings is 1. The first-order chi connectivity index (χ1) is 24.0. The summed E-state index contributed by atoms with van der Waals surface area (Å²) >= 11 is 0. The number of aliphatic hydroxyl groups excluding tert-OH is 1. The summed E-state index contributed by atoms with van der Waals surface area (Å²) in [7, 11) is 0. The van der Waals surface area contributed by atoms with E-state index in [0.717, 1.165) is 69.3 Å². The van der Waals surface area contributed by atoms with Gasteiger partial charge in [0.2, 0.25) is 0 Å². The molecule has 5 N–H and O–H groups in total. The van der Waals surface area contributed by atoms with E-state index in [2.05, 4.69) is 37.4 Å². The van der Waals surface area contributed by atoms with Crippen LogP contribution in [0.2, 0.25) is 0 Å². The number of aliphatic imine (C=N–C) groups is 1. The van der Waals surface area contributed by atoms with Crippen LogP contribution in [0.1, 0.15) is 122 Å². The maximum absolute atomic E-state index is 11.2. The van der Waals surface area contributed by atoms with E-state index in [9.17, 15) is 10.2 Å². The summed E-state index contributed by atoms with van der Waals surface area (Å²) in [5, 5.41) is 27.1. The number of ether oxygens (including phenoxy) is 1. The van der Waals surface area contributed by atoms with Crippen molar-refractivity contribution in [1.29, 1.82) is 0 Å². The molecule has 11 atom stereocenters. The van der Waals surface area contributed by atoms with Gasteiger partial charge in [-0.25, -0.2) is 0 Å². The molecule has 0 bridgehead atoms. The molecule has 1 aromatic carbocycles. The molecule has 7 heteroatoms. The van der Waals surface area contributed by atoms with Crippen molar-refractivity contribution in [3.63, 3.8) is 0 Å². The molecule has 6 aliphatic rings. The lowest BCUT2D eigenvalue weighted by molar-refractivity contribution is -0.0693. The summed E-state index contributed by atoms with van der Waals surface area (Å²) in [6.45, 7) is 11.4. The molecule has 6 fully saturated rings. The fraction of sp³-hybridized carbons (Fsp3) is 0.744. The van der Waals surface area contributed by atoms with E-state index < -0.39 is 5.60 Å². The molecule has 11 unspecified atom stereocenters. The van der Waals surface area contributed by atoms with E-state index in [0.29, 0.717) is 47.6 Å². The van der Waals surface area contributed by atoms with Crippen LogP contribution in [0.4, 0.5) is 0 Å². The molecule has 2 heterocycles. The highest BCUT2D eigenvalue weighted by Crippen LogP contribution is 2.69. The number of epoxide rings is 1. The van der Waals surface area contributed by atoms with Crippen molar-refractivity contribution in [3.8, 4) is 0 Å². The molecule has 50 heavy (non-hydrogen) atoms. The van der Waals surface area contributed by atoms with Crippen LogP contribution in [0.3, 0.4) is 0 Å². The molecular formula is C43H63N3O4. The van der Waals surface area contributed by atoms with Gasteiger partial charge in [-0.15, -0.1) is 0 Å². The van der Waals surface area contributed by atoms with Crippen LogP contribution in [0.5, 0.6) is 0 Å². The predicted octanol–water partition coefficient (Wildman–Crippen LogP) is 8.07. The molecule has 1 spiro atoms. The molecule has 1 saturated heterocycles. The lowest BCUT2D eigenvalue weighted by Crippen LogP contribution is -2.51. The summed E-state index contributed by atoms with van der Waals surface area (Å²) in [5.74, 6) is 3.91. The van der Waals surface area contributed by atoms with E-state index in [1.807, 2.05) is 6.26 Å². The average molecular weight is 686 g/mol. The maximum atomic E-state index is 11.2. The summed E-state index contributed by atoms with van der Waals surface area (Å²) < 4.78 is 12.1. The van der Waals surface area contributed by atoms with Gasteiger partial charge in [0.05, 0.1) is 35.9 Å². The smallest absolute Gasteiger partial charge is 0.188 e. The molecule has 5 aliphatic carbocycles. The summed E-state index contributed by atoms with van der Waals surface area (Å²) in [4.78, 5) is 4.81. The molecule has 0 amide bonds. The number of nitrogens with one attached hydrogen (secondary N) is 1. The van der Waals surface area contributed by atoms with Gasteiger partial charge in [0, 0.05) is 35.7 Å². The fourth-order valence-electron chi connectivity index (χ4n) is 12.5. The highest BCUT2D eigenvalue weighted by Gasteiger charge is 2.67. The number of hydrogen-bond donors (Lipinski definition) is 4. The second-order valence-electron chi connectivity index (χ2n) is 18.7. The molecule has 274 valence electrons. The zero-order chi connectivity index (χ0) is 34.7. The van der Waals surface area contributed by atoms with Crippen LogP contribution in [0, 0.1) is 40.4 Å². The van der Waals surface area contributed by atoms with Crippen LogP contribution in [-0.4, -0.2) is 52.7 Å². The third-order valence-electron chi connectivity index (χ3n) is 15.4. The number of aliphatic hydroxyl groups is 2. The van der Waals surface area contributed by atoms with Crippen LogP contribution < -0.4 is 11.1 Å². The number of nitrogens with zero attached hydrogens (tertiary/aromatic N) is 1. The van der Waals surface area contributed by atoms with E-state index in [1.54, 1.807) is 6.26 Å². The number of hydrogen-bond acceptors (Lipinski definition) is 5. The standard InChI is InChI=1S/C43H63N3O4/c1-28-21-42(17-11-29(22-42)12-18-43(48)15-5-8-34(47)23-43)38-41(3,50-38)16-13-37-35(28)24-40(37,2)33-10-9-30(20-33)25-46-39(44)45-19-14-31-6-4-7-32-26-49-27-36(31)32/h4,6-7,26-27,29-30,33-35,37-38,47-48H,1,5,8-25H2,2-3H3,(H3,44,45,46). The van der Waals surface area contributed by atoms with E-state index in [-0.39, 0.29) is 17.1 Å². The van der Waals surface area contributed by atoms with E-state index in [1.165, 1.54) is 74.3 Å². The average Bonchev–Trinajstić information content (AvgIpc) is 3.53. The zero-order valence-corrected chi connectivity index (χ0v) is 30.8. The number of benzene rings is 1. The molecule has 2 aromatic rings. The summed E-state index contributed by atoms with van der Waals surface area (Å²) in [5.41, 5.74) is 9.04. The minimum absolute atomic E-state index is 0.00866. The van der Waals surface area contributed by atoms with Gasteiger partial charge in [-0.1, -0.05) is 37.3 Å². The molecule has 1 aromatic heterocycles. The third kappa shape index (κ3) is 6.58. The van der Waals surface area contributed by atoms with Crippen molar-refractivity contribution >= 4 is 16.7 Å². The van der Waals surface area contributed by atoms with Gasteiger partial charge in [-0.05, 0) is 150 Å². The first kappa shape index (κ1) is 34.7. The minimum Gasteiger partial charge on any atom is -0.471 e. The largest absolute Gasteiger partial charge is 0.471 e. The number of rotatable bonds is 9. The van der Waals surface area contributed by atoms with Crippen molar-refractivity contribution in [3.05, 3.63) is 48.4 Å². The first-order valence-electron chi connectivity index (χ1n) is 20.2. The Hall–Kier alpha value is -2.35. The lowest BCUT2D eigenvalue weighted by atomic mass is 9.46. The quantitative estimate of drug-likeness (QED) is 0.0919. The summed E-state index contributed by atoms with van der Waals surface area (Å²) in [6, 6.07) is 6.32. The SMILES string of the molecule is C=C1CC2(CCC(CCC3(O)CCCC(O)C3)C2)C2OC2(C)CCC2C1CC2(C)C1CCC(CN=C(N)NCCc2cccc3cocc23)C1. The fourth-order valence-corrected chi connectivity index (χ4v) is 12.5. The third-order valence-corrected chi connectivity index (χ3v) is 15.4. The topological polar surface area (TPSA) is 117 Å². The normalized spacial score (nSPS) is 43.2. The molecule has 7 nitrogen and oxygen atoms in total. The van der Waals surface area contributed by atoms with Gasteiger partial charge in [-0.2, -0.15) is 0 Å². The Morgan fingerprint density at radius 2 is 1.92 bits per heavy atom. The highest BCUT2D eigenvalue weighted by molar-refractivity contribution is 5.84. The summed E-state index contributed by atoms with van der Waals surface area (Å²) in [6.07, 6.45) is 21.9. The Morgan fingerprint density at radius 1 is 1.04 bits per heavy atom. The molecular weight excluding hydrogens is 622 g/mol. The van der Waals surface area contributed by atoms with Crippen LogP contribution in [0.15, 0.2) is 52.3 Å². The molecule has 1 aliphatic heterocycles. The Morgan fingerprint density at radius 3 is 2.78 bits per heavy atom. The van der Waals surface area contributed by atoms with Gasteiger partial charge >= 0.3 is 0 Å². The minimum atomic E-state index is -0.671. The van der Waals surface area contributed by atoms with Gasteiger partial charge in [0.15, 0.2) is 5.96 Å². The molecule has 8 rings (SSSR count). The molecule has 0 radical (unpaired) electrons. The predicted molar refractivity (Wildman–Crippen MR) is 200 cm³/mol. The van der Waals surface area contributed by atoms with Crippen molar-refractivity contribution < 1.29 is 19.4 Å². The number of guanidine groups is 1. The van der Waals surface area contributed by atoms with Crippen LogP contribution in [0.25, 0.3) is 10.8 Å². The molecule has 5 saturated carbocycles. The van der Waals surface area contributed by atoms with Crippen molar-refractivity contribution in [2.24, 2.45) is 51.1 Å². The first-order valence-corrected chi connectivity index (χ1v) is 20.2. The Labute approximate surface area is 299 Å². The van der Waals surface area contributed by atoms with E-state index in [4.69, 9.17) is 26.5 Å². The number of fused-ring (bicyclic) bond motifs is 4. The van der Waals surface area contributed by atoms with E-state index >= 15 is 0 Å². The number of nitrogens with two attached hydrogens (primary N) is 1. The van der Waals surface area contributed by atoms with Crippen LogP contribution in [-0.2, 0) is 11.2 Å². The van der Waals surface area contributed by atoms with Crippen molar-refractivity contribution in [2.45, 2.75) is 146 Å². The van der Waals surface area contributed by atoms with Gasteiger partial charge < -0.3 is 30.4 Å². The van der Waals surface area contributed by atoms with Gasteiger partial charge in [0.1, 0.15) is 0 Å². The second-order valence-corrected chi connectivity index (χ2v) is 18.7. The van der Waals surface area contributed by atoms with Crippen LogP contribution >= 0.6 is 0 Å². The Kier molecular flexibility index (Phi) is 9.20. The Balaban J connectivity index is 0.844. The van der Waals surface area contributed by atoms with Crippen molar-refractivity contribution in [2.75, 3.05) is 13.1 Å².